The van der Waals surface area contributed by atoms with Crippen molar-refractivity contribution in [3.63, 3.8) is 0 Å². The van der Waals surface area contributed by atoms with Crippen molar-refractivity contribution in [1.82, 2.24) is 4.98 Å². The van der Waals surface area contributed by atoms with Gasteiger partial charge in [0.1, 0.15) is 5.82 Å². The van der Waals surface area contributed by atoms with E-state index in [1.165, 1.54) is 12.1 Å². The molecule has 0 spiro atoms. The Balaban J connectivity index is 0.000000956. The lowest BCUT2D eigenvalue weighted by atomic mass is 10.0. The molecule has 106 valence electrons. The zero-order valence-corrected chi connectivity index (χ0v) is 12.2. The predicted octanol–water partition coefficient (Wildman–Crippen LogP) is 3.63. The third kappa shape index (κ3) is 3.41. The van der Waals surface area contributed by atoms with Gasteiger partial charge in [0.05, 0.1) is 5.56 Å². The molecule has 1 aromatic carbocycles. The van der Waals surface area contributed by atoms with E-state index in [1.807, 2.05) is 33.8 Å². The van der Waals surface area contributed by atoms with Gasteiger partial charge >= 0.3 is 0 Å². The van der Waals surface area contributed by atoms with Gasteiger partial charge < -0.3 is 5.73 Å². The van der Waals surface area contributed by atoms with Crippen molar-refractivity contribution in [2.45, 2.75) is 27.7 Å². The molecule has 1 heterocycles. The number of rotatable bonds is 2. The fraction of sp³-hybridized carbons (Fsp3) is 0.250. The van der Waals surface area contributed by atoms with Crippen LogP contribution in [0.2, 0.25) is 0 Å². The molecule has 0 bridgehead atoms. The van der Waals surface area contributed by atoms with Crippen molar-refractivity contribution in [2.24, 2.45) is 5.73 Å². The molecule has 1 amide bonds. The summed E-state index contributed by atoms with van der Waals surface area (Å²) >= 11 is 0. The summed E-state index contributed by atoms with van der Waals surface area (Å²) < 4.78 is 13.4. The Kier molecular flexibility index (Phi) is 5.38. The molecule has 0 atom stereocenters. The third-order valence-corrected chi connectivity index (χ3v) is 2.77. The molecule has 2 aromatic rings. The number of nitrogens with two attached hydrogens (primary N) is 1. The number of pyridine rings is 1. The van der Waals surface area contributed by atoms with Crippen LogP contribution in [0.3, 0.4) is 0 Å². The monoisotopic (exact) mass is 274 g/mol. The highest BCUT2D eigenvalue weighted by atomic mass is 19.1. The topological polar surface area (TPSA) is 56.0 Å². The molecule has 0 aliphatic rings. The van der Waals surface area contributed by atoms with Gasteiger partial charge in [0.2, 0.25) is 0 Å². The Morgan fingerprint density at radius 2 is 1.85 bits per heavy atom. The van der Waals surface area contributed by atoms with Crippen LogP contribution in [0.4, 0.5) is 4.39 Å². The molecule has 0 saturated heterocycles. The van der Waals surface area contributed by atoms with Crippen LogP contribution in [0.5, 0.6) is 0 Å². The second kappa shape index (κ2) is 6.80. The highest BCUT2D eigenvalue weighted by Gasteiger charge is 2.11. The van der Waals surface area contributed by atoms with Crippen molar-refractivity contribution in [2.75, 3.05) is 0 Å². The van der Waals surface area contributed by atoms with E-state index in [-0.39, 0.29) is 5.56 Å². The Hall–Kier alpha value is -2.23. The van der Waals surface area contributed by atoms with Crippen LogP contribution in [0.25, 0.3) is 11.1 Å². The van der Waals surface area contributed by atoms with Gasteiger partial charge in [-0.3, -0.25) is 9.78 Å². The van der Waals surface area contributed by atoms with Gasteiger partial charge in [0.25, 0.3) is 5.91 Å². The summed E-state index contributed by atoms with van der Waals surface area (Å²) in [7, 11) is 0. The van der Waals surface area contributed by atoms with Gasteiger partial charge in [0.15, 0.2) is 0 Å². The van der Waals surface area contributed by atoms with Crippen molar-refractivity contribution >= 4 is 5.91 Å². The second-order valence-corrected chi connectivity index (χ2v) is 4.20. The summed E-state index contributed by atoms with van der Waals surface area (Å²) in [5.41, 5.74) is 8.46. The fourth-order valence-electron chi connectivity index (χ4n) is 1.81. The Morgan fingerprint density at radius 3 is 2.45 bits per heavy atom. The molecule has 1 aromatic heterocycles. The Morgan fingerprint density at radius 1 is 1.20 bits per heavy atom. The smallest absolute Gasteiger partial charge is 0.251 e. The number of aryl methyl sites for hydroxylation is 2. The number of hydrogen-bond donors (Lipinski definition) is 1. The number of primary amides is 1. The van der Waals surface area contributed by atoms with E-state index < -0.39 is 11.7 Å². The number of amides is 1. The van der Waals surface area contributed by atoms with E-state index in [0.29, 0.717) is 0 Å². The molecule has 3 nitrogen and oxygen atoms in total. The first-order valence-electron chi connectivity index (χ1n) is 6.52. The highest BCUT2D eigenvalue weighted by molar-refractivity contribution is 5.94. The summed E-state index contributed by atoms with van der Waals surface area (Å²) in [6.45, 7) is 7.79. The molecule has 0 fully saturated rings. The van der Waals surface area contributed by atoms with E-state index in [9.17, 15) is 9.18 Å². The molecule has 0 radical (unpaired) electrons. The fourth-order valence-corrected chi connectivity index (χ4v) is 1.81. The maximum absolute atomic E-state index is 13.4. The van der Waals surface area contributed by atoms with E-state index >= 15 is 0 Å². The van der Waals surface area contributed by atoms with E-state index in [0.717, 1.165) is 22.4 Å². The van der Waals surface area contributed by atoms with Crippen LogP contribution < -0.4 is 5.73 Å². The minimum atomic E-state index is -0.771. The van der Waals surface area contributed by atoms with Crippen molar-refractivity contribution in [3.8, 4) is 11.1 Å². The largest absolute Gasteiger partial charge is 0.366 e. The molecule has 0 saturated carbocycles. The number of benzene rings is 1. The standard InChI is InChI=1S/C14H13FN2O.C2H6/c1-8-5-11(9(2)17-7-8)10-3-4-13(15)12(6-10)14(16)18;1-2/h3-7H,1-2H3,(H2,16,18);1-2H3. The first-order chi connectivity index (χ1) is 9.49. The van der Waals surface area contributed by atoms with Gasteiger partial charge in [-0.2, -0.15) is 0 Å². The predicted molar refractivity (Wildman–Crippen MR) is 79.0 cm³/mol. The molecule has 0 aliphatic heterocycles. The van der Waals surface area contributed by atoms with Crippen LogP contribution in [0.1, 0.15) is 35.5 Å². The zero-order valence-electron chi connectivity index (χ0n) is 12.2. The number of aromatic nitrogens is 1. The van der Waals surface area contributed by atoms with Gasteiger partial charge in [-0.15, -0.1) is 0 Å². The van der Waals surface area contributed by atoms with Crippen LogP contribution in [0.15, 0.2) is 30.5 Å². The number of carbonyl (C=O) groups is 1. The second-order valence-electron chi connectivity index (χ2n) is 4.20. The summed E-state index contributed by atoms with van der Waals surface area (Å²) in [6, 6.07) is 6.27. The molecule has 20 heavy (non-hydrogen) atoms. The number of nitrogens with zero attached hydrogens (tertiary/aromatic N) is 1. The highest BCUT2D eigenvalue weighted by Crippen LogP contribution is 2.25. The molecular weight excluding hydrogens is 255 g/mol. The lowest BCUT2D eigenvalue weighted by Crippen LogP contribution is -2.13. The number of hydrogen-bond acceptors (Lipinski definition) is 2. The number of halogens is 1. The molecule has 4 heteroatoms. The van der Waals surface area contributed by atoms with Crippen LogP contribution in [-0.4, -0.2) is 10.9 Å². The summed E-state index contributed by atoms with van der Waals surface area (Å²) in [5, 5.41) is 0. The molecular formula is C16H19FN2O. The lowest BCUT2D eigenvalue weighted by molar-refractivity contribution is 0.0996. The van der Waals surface area contributed by atoms with Gasteiger partial charge in [-0.25, -0.2) is 4.39 Å². The van der Waals surface area contributed by atoms with Gasteiger partial charge in [-0.1, -0.05) is 19.9 Å². The normalized spacial score (nSPS) is 9.65. The maximum atomic E-state index is 13.4. The molecule has 0 aliphatic carbocycles. The minimum absolute atomic E-state index is 0.103. The summed E-state index contributed by atoms with van der Waals surface area (Å²) in [6.07, 6.45) is 1.76. The van der Waals surface area contributed by atoms with Crippen LogP contribution >= 0.6 is 0 Å². The first-order valence-corrected chi connectivity index (χ1v) is 6.52. The molecule has 0 unspecified atom stereocenters. The van der Waals surface area contributed by atoms with E-state index in [4.69, 9.17) is 5.73 Å². The summed E-state index contributed by atoms with van der Waals surface area (Å²) in [5.74, 6) is -1.38. The van der Waals surface area contributed by atoms with Crippen molar-refractivity contribution in [3.05, 3.63) is 53.1 Å². The number of carbonyl (C=O) groups excluding carboxylic acids is 1. The van der Waals surface area contributed by atoms with E-state index in [2.05, 4.69) is 4.98 Å². The average Bonchev–Trinajstić information content (AvgIpc) is 2.44. The Labute approximate surface area is 118 Å². The Bertz CT molecular complexity index is 624. The van der Waals surface area contributed by atoms with Crippen molar-refractivity contribution < 1.29 is 9.18 Å². The van der Waals surface area contributed by atoms with Gasteiger partial charge in [0, 0.05) is 17.5 Å². The maximum Gasteiger partial charge on any atom is 0.251 e. The lowest BCUT2D eigenvalue weighted by Gasteiger charge is -2.08. The zero-order chi connectivity index (χ0) is 15.3. The van der Waals surface area contributed by atoms with Gasteiger partial charge in [-0.05, 0) is 43.2 Å². The summed E-state index contributed by atoms with van der Waals surface area (Å²) in [4.78, 5) is 15.4. The molecule has 2 rings (SSSR count). The van der Waals surface area contributed by atoms with Crippen molar-refractivity contribution in [1.29, 1.82) is 0 Å². The quantitative estimate of drug-likeness (QED) is 0.909. The minimum Gasteiger partial charge on any atom is -0.366 e. The average molecular weight is 274 g/mol. The first kappa shape index (κ1) is 15.8. The molecule has 2 N–H and O–H groups in total. The van der Waals surface area contributed by atoms with Crippen LogP contribution in [0, 0.1) is 19.7 Å². The third-order valence-electron chi connectivity index (χ3n) is 2.77. The SMILES string of the molecule is CC.Cc1cnc(C)c(-c2ccc(F)c(C(N)=O)c2)c1. The van der Waals surface area contributed by atoms with Crippen LogP contribution in [-0.2, 0) is 0 Å². The van der Waals surface area contributed by atoms with E-state index in [1.54, 1.807) is 12.3 Å².